The van der Waals surface area contributed by atoms with Crippen LogP contribution in [0.5, 0.6) is 0 Å². The molecule has 4 aromatic rings. The number of nitrogens with one attached hydrogen (secondary N) is 1. The number of aliphatic hydroxyl groups is 1. The number of phosphoric acid groups is 1. The molecule has 6 heterocycles. The van der Waals surface area contributed by atoms with Gasteiger partial charge in [-0.05, 0) is 18.5 Å². The molecule has 0 aromatic carbocycles. The number of aromatic amines is 1. The fraction of sp³-hybridized carbons (Fsp3) is 0.500. The first-order valence-electron chi connectivity index (χ1n) is 12.0. The van der Waals surface area contributed by atoms with Gasteiger partial charge in [0.15, 0.2) is 28.9 Å². The molecule has 0 spiro atoms. The van der Waals surface area contributed by atoms with Crippen molar-refractivity contribution in [2.24, 2.45) is 0 Å². The van der Waals surface area contributed by atoms with Crippen LogP contribution in [0, 0.1) is 0 Å². The second-order valence-corrected chi connectivity index (χ2v) is 12.9. The molecule has 0 amide bonds. The van der Waals surface area contributed by atoms with Crippen molar-refractivity contribution in [2.45, 2.75) is 55.7 Å². The normalized spacial score (nSPS) is 31.5. The number of aromatic nitrogens is 8. The quantitative estimate of drug-likeness (QED) is 0.204. The van der Waals surface area contributed by atoms with Gasteiger partial charge in [-0.15, -0.1) is 8.58 Å². The van der Waals surface area contributed by atoms with Crippen molar-refractivity contribution >= 4 is 50.5 Å². The van der Waals surface area contributed by atoms with Crippen molar-refractivity contribution in [3.05, 3.63) is 29.3 Å². The number of fused-ring (bicyclic) bond motifs is 4. The van der Waals surface area contributed by atoms with Gasteiger partial charge in [-0.2, -0.15) is 4.98 Å². The van der Waals surface area contributed by atoms with Crippen LogP contribution in [0.1, 0.15) is 32.2 Å². The van der Waals surface area contributed by atoms with E-state index in [1.54, 1.807) is 10.9 Å². The molecule has 4 aromatic heterocycles. The monoisotopic (exact) mass is 580 g/mol. The lowest BCUT2D eigenvalue weighted by Crippen LogP contribution is -2.30. The first-order valence-corrected chi connectivity index (χ1v) is 14.7. The summed E-state index contributed by atoms with van der Waals surface area (Å²) in [6, 6.07) is 0. The number of nitrogen functional groups attached to an aromatic ring is 2. The number of hydrogen-bond donors (Lipinski definition) is 5. The molecular weight excluding hydrogens is 554 g/mol. The number of ether oxygens (including phenoxy) is 1. The predicted octanol–water partition coefficient (Wildman–Crippen LogP) is 0.244. The Bertz CT molecular complexity index is 1640. The number of hydrogen-bond acceptors (Lipinski definition) is 13. The molecule has 4 unspecified atom stereocenters. The Hall–Kier alpha value is -3.04. The van der Waals surface area contributed by atoms with Crippen LogP contribution < -0.4 is 17.0 Å². The smallest absolute Gasteiger partial charge is 0.382 e. The van der Waals surface area contributed by atoms with Crippen molar-refractivity contribution in [1.29, 1.82) is 0 Å². The molecule has 0 aliphatic carbocycles. The molecule has 2 aliphatic heterocycles. The molecule has 2 aliphatic rings. The number of nitrogens with zero attached hydrogens (tertiary/aromatic N) is 7. The maximum Gasteiger partial charge on any atom is 0.472 e. The topological polar surface area (TPSA) is 244 Å². The number of H-pyrrole nitrogens is 1. The number of imidazole rings is 2. The third kappa shape index (κ3) is 4.91. The zero-order valence-corrected chi connectivity index (χ0v) is 22.4. The van der Waals surface area contributed by atoms with Crippen LogP contribution in [0.25, 0.3) is 22.3 Å². The van der Waals surface area contributed by atoms with Crippen molar-refractivity contribution in [2.75, 3.05) is 18.1 Å². The highest BCUT2D eigenvalue weighted by Crippen LogP contribution is 2.52. The second kappa shape index (κ2) is 9.86. The molecule has 0 radical (unpaired) electrons. The van der Waals surface area contributed by atoms with Crippen LogP contribution in [-0.2, 0) is 18.3 Å². The van der Waals surface area contributed by atoms with Gasteiger partial charge in [0.05, 0.1) is 25.4 Å². The Morgan fingerprint density at radius 2 is 1.97 bits per heavy atom. The average molecular weight is 580 g/mol. The van der Waals surface area contributed by atoms with Gasteiger partial charge in [0, 0.05) is 5.66 Å². The lowest BCUT2D eigenvalue weighted by atomic mass is 10.2. The Morgan fingerprint density at radius 3 is 2.79 bits per heavy atom. The fourth-order valence-corrected chi connectivity index (χ4v) is 7.87. The number of rotatable bonds is 3. The minimum atomic E-state index is -4.64. The third-order valence-corrected chi connectivity index (χ3v) is 9.47. The largest absolute Gasteiger partial charge is 0.472 e. The summed E-state index contributed by atoms with van der Waals surface area (Å²) < 4.78 is 32.9. The molecule has 7 N–H and O–H groups in total. The Balaban J connectivity index is 1.31. The van der Waals surface area contributed by atoms with Crippen molar-refractivity contribution in [1.82, 2.24) is 39.0 Å². The van der Waals surface area contributed by atoms with Crippen molar-refractivity contribution in [3.63, 3.8) is 0 Å². The Labute approximate surface area is 221 Å². The predicted molar refractivity (Wildman–Crippen MR) is 139 cm³/mol. The lowest BCUT2D eigenvalue weighted by molar-refractivity contribution is -0.0477. The molecule has 2 saturated heterocycles. The molecular formula is C20H26N10O7P2. The molecule has 0 saturated carbocycles. The molecule has 39 heavy (non-hydrogen) atoms. The van der Waals surface area contributed by atoms with E-state index in [0.29, 0.717) is 26.2 Å². The first-order chi connectivity index (χ1) is 18.6. The summed E-state index contributed by atoms with van der Waals surface area (Å²) in [7, 11) is -4.35. The fourth-order valence-electron chi connectivity index (χ4n) is 5.02. The SMILES string of the molecule is CC1C[C@H]([C@@H](O)n2cnc3c(=O)[nH]c(N)nc32)OP(=O)(O)OC[C@@H]2CC(P1)[C@H](n1cnc3c(N)ncnc31)O2. The van der Waals surface area contributed by atoms with Crippen LogP contribution in [0.15, 0.2) is 23.8 Å². The van der Waals surface area contributed by atoms with E-state index in [2.05, 4.69) is 29.9 Å². The summed E-state index contributed by atoms with van der Waals surface area (Å²) >= 11 is 0. The van der Waals surface area contributed by atoms with Gasteiger partial charge >= 0.3 is 7.82 Å². The molecule has 19 heteroatoms. The van der Waals surface area contributed by atoms with Crippen LogP contribution >= 0.6 is 16.4 Å². The molecule has 208 valence electrons. The summed E-state index contributed by atoms with van der Waals surface area (Å²) in [6.45, 7) is 1.74. The minimum Gasteiger partial charge on any atom is -0.382 e. The van der Waals surface area contributed by atoms with Gasteiger partial charge in [0.2, 0.25) is 5.95 Å². The maximum atomic E-state index is 12.9. The highest BCUT2D eigenvalue weighted by molar-refractivity contribution is 7.47. The lowest BCUT2D eigenvalue weighted by Gasteiger charge is -2.30. The van der Waals surface area contributed by atoms with Crippen LogP contribution in [-0.4, -0.2) is 79.2 Å². The molecule has 8 atom stereocenters. The van der Waals surface area contributed by atoms with Gasteiger partial charge in [0.25, 0.3) is 5.56 Å². The molecule has 2 bridgehead atoms. The molecule has 17 nitrogen and oxygen atoms in total. The van der Waals surface area contributed by atoms with E-state index in [0.717, 1.165) is 0 Å². The van der Waals surface area contributed by atoms with Crippen LogP contribution in [0.3, 0.4) is 0 Å². The first kappa shape index (κ1) is 26.2. The Morgan fingerprint density at radius 1 is 1.18 bits per heavy atom. The van der Waals surface area contributed by atoms with Gasteiger partial charge in [-0.3, -0.25) is 28.0 Å². The van der Waals surface area contributed by atoms with E-state index < -0.39 is 38.0 Å². The van der Waals surface area contributed by atoms with E-state index in [1.165, 1.54) is 17.2 Å². The highest BCUT2D eigenvalue weighted by Gasteiger charge is 2.42. The number of nitrogens with two attached hydrogens (primary N) is 2. The van der Waals surface area contributed by atoms with Crippen LogP contribution in [0.4, 0.5) is 11.8 Å². The van der Waals surface area contributed by atoms with Crippen LogP contribution in [0.2, 0.25) is 0 Å². The third-order valence-electron chi connectivity index (χ3n) is 6.70. The summed E-state index contributed by atoms with van der Waals surface area (Å²) in [5, 5.41) is 11.2. The Kier molecular flexibility index (Phi) is 6.62. The van der Waals surface area contributed by atoms with E-state index in [9.17, 15) is 19.4 Å². The van der Waals surface area contributed by atoms with E-state index in [1.807, 2.05) is 6.92 Å². The zero-order valence-electron chi connectivity index (χ0n) is 20.5. The number of phosphoric ester groups is 1. The number of aliphatic hydroxyl groups excluding tert-OH is 1. The zero-order chi connectivity index (χ0) is 27.5. The van der Waals surface area contributed by atoms with Gasteiger partial charge in [-0.1, -0.05) is 6.92 Å². The summed E-state index contributed by atoms with van der Waals surface area (Å²) in [5.74, 6) is 0.0794. The second-order valence-electron chi connectivity index (χ2n) is 9.47. The minimum absolute atomic E-state index is 0.00577. The van der Waals surface area contributed by atoms with Gasteiger partial charge in [-0.25, -0.2) is 24.5 Å². The molecule has 2 fully saturated rings. The maximum absolute atomic E-state index is 12.9. The standard InChI is InChI=1S/C20H26N10O7P2/c1-8-2-10(18(32)29-6-26-13-16(29)27-20(22)28-17(13)31)37-39(33,34)35-4-9-3-11(38-8)19(36-9)30-7-25-12-14(21)23-5-24-15(12)30/h5-11,18-19,32,38H,2-4H2,1H3,(H,33,34)(H2,21,23,24)(H3,22,27,28,31)/t8?,9-,10+,11?,18+,19+/m0/s1. The van der Waals surface area contributed by atoms with Gasteiger partial charge < -0.3 is 26.2 Å². The average Bonchev–Trinajstić information content (AvgIpc) is 3.58. The van der Waals surface area contributed by atoms with Gasteiger partial charge in [0.1, 0.15) is 24.2 Å². The molecule has 6 rings (SSSR count). The van der Waals surface area contributed by atoms with E-state index in [-0.39, 0.29) is 47.3 Å². The van der Waals surface area contributed by atoms with E-state index in [4.69, 9.17) is 25.3 Å². The number of anilines is 2. The summed E-state index contributed by atoms with van der Waals surface area (Å²) in [4.78, 5) is 45.8. The van der Waals surface area contributed by atoms with Crippen molar-refractivity contribution < 1.29 is 28.3 Å². The summed E-state index contributed by atoms with van der Waals surface area (Å²) in [6.07, 6.45) is 1.15. The van der Waals surface area contributed by atoms with E-state index >= 15 is 0 Å². The highest BCUT2D eigenvalue weighted by atomic mass is 31.2. The van der Waals surface area contributed by atoms with Crippen molar-refractivity contribution in [3.8, 4) is 0 Å². The summed E-state index contributed by atoms with van der Waals surface area (Å²) in [5.41, 5.74) is 11.8.